The van der Waals surface area contributed by atoms with Gasteiger partial charge in [0, 0.05) is 49.3 Å². The van der Waals surface area contributed by atoms with Gasteiger partial charge in [-0.1, -0.05) is 0 Å². The number of imidazole rings is 1. The number of amides is 1. The lowest BCUT2D eigenvalue weighted by Crippen LogP contribution is -2.24. The molecular weight excluding hydrogens is 254 g/mol. The maximum atomic E-state index is 11.9. The van der Waals surface area contributed by atoms with Crippen molar-refractivity contribution in [3.8, 4) is 5.69 Å². The van der Waals surface area contributed by atoms with Crippen LogP contribution < -0.4 is 4.90 Å². The van der Waals surface area contributed by atoms with Crippen molar-refractivity contribution in [1.82, 2.24) is 9.55 Å². The molecule has 1 amide bonds. The van der Waals surface area contributed by atoms with Crippen molar-refractivity contribution < 1.29 is 9.90 Å². The van der Waals surface area contributed by atoms with Gasteiger partial charge < -0.3 is 14.6 Å². The number of carbonyl (C=O) groups is 1. The second-order valence-electron chi connectivity index (χ2n) is 5.12. The van der Waals surface area contributed by atoms with Crippen LogP contribution in [0.15, 0.2) is 36.7 Å². The summed E-state index contributed by atoms with van der Waals surface area (Å²) in [5, 5.41) is 9.16. The molecule has 0 aliphatic carbocycles. The summed E-state index contributed by atoms with van der Waals surface area (Å²) in [6.45, 7) is 2.61. The molecular formula is C15H17N3O2. The molecule has 1 atom stereocenters. The average Bonchev–Trinajstić information content (AvgIpc) is 3.05. The highest BCUT2D eigenvalue weighted by molar-refractivity contribution is 5.95. The minimum Gasteiger partial charge on any atom is -0.396 e. The van der Waals surface area contributed by atoms with Crippen LogP contribution in [0.3, 0.4) is 0 Å². The maximum Gasteiger partial charge on any atom is 0.227 e. The van der Waals surface area contributed by atoms with Crippen LogP contribution in [0, 0.1) is 12.8 Å². The first-order valence-corrected chi connectivity index (χ1v) is 6.70. The minimum atomic E-state index is 0.0538. The van der Waals surface area contributed by atoms with Crippen LogP contribution in [0.4, 0.5) is 5.69 Å². The number of anilines is 1. The highest BCUT2D eigenvalue weighted by Crippen LogP contribution is 2.25. The molecule has 1 saturated heterocycles. The van der Waals surface area contributed by atoms with Crippen molar-refractivity contribution in [2.45, 2.75) is 13.3 Å². The molecule has 1 aliphatic heterocycles. The Kier molecular flexibility index (Phi) is 3.28. The van der Waals surface area contributed by atoms with Crippen LogP contribution in [0.25, 0.3) is 5.69 Å². The zero-order valence-corrected chi connectivity index (χ0v) is 11.4. The fourth-order valence-electron chi connectivity index (χ4n) is 2.60. The van der Waals surface area contributed by atoms with Crippen molar-refractivity contribution in [2.24, 2.45) is 5.92 Å². The number of aryl methyl sites for hydroxylation is 1. The number of hydrogen-bond acceptors (Lipinski definition) is 3. The Morgan fingerprint density at radius 2 is 2.00 bits per heavy atom. The van der Waals surface area contributed by atoms with Gasteiger partial charge in [-0.2, -0.15) is 0 Å². The van der Waals surface area contributed by atoms with Gasteiger partial charge in [0.05, 0.1) is 0 Å². The molecule has 1 aromatic heterocycles. The highest BCUT2D eigenvalue weighted by Gasteiger charge is 2.29. The van der Waals surface area contributed by atoms with Crippen LogP contribution >= 0.6 is 0 Å². The van der Waals surface area contributed by atoms with Gasteiger partial charge in [0.25, 0.3) is 0 Å². The van der Waals surface area contributed by atoms with Crippen LogP contribution in [0.5, 0.6) is 0 Å². The van der Waals surface area contributed by atoms with E-state index in [0.29, 0.717) is 13.0 Å². The van der Waals surface area contributed by atoms with Gasteiger partial charge in [-0.05, 0) is 31.2 Å². The molecule has 20 heavy (non-hydrogen) atoms. The molecule has 5 heteroatoms. The van der Waals surface area contributed by atoms with Gasteiger partial charge in [-0.25, -0.2) is 4.98 Å². The monoisotopic (exact) mass is 271 g/mol. The maximum absolute atomic E-state index is 11.9. The van der Waals surface area contributed by atoms with E-state index in [1.165, 1.54) is 0 Å². The van der Waals surface area contributed by atoms with Gasteiger partial charge >= 0.3 is 0 Å². The number of carbonyl (C=O) groups excluding carboxylic acids is 1. The van der Waals surface area contributed by atoms with E-state index in [-0.39, 0.29) is 18.4 Å². The number of rotatable bonds is 3. The summed E-state index contributed by atoms with van der Waals surface area (Å²) in [5.74, 6) is 1.06. The van der Waals surface area contributed by atoms with E-state index >= 15 is 0 Å². The molecule has 1 aliphatic rings. The van der Waals surface area contributed by atoms with E-state index in [9.17, 15) is 4.79 Å². The van der Waals surface area contributed by atoms with Crippen molar-refractivity contribution >= 4 is 11.6 Å². The summed E-state index contributed by atoms with van der Waals surface area (Å²) in [6, 6.07) is 7.83. The summed E-state index contributed by atoms with van der Waals surface area (Å²) >= 11 is 0. The van der Waals surface area contributed by atoms with E-state index in [1.807, 2.05) is 42.0 Å². The number of benzene rings is 1. The highest BCUT2D eigenvalue weighted by atomic mass is 16.3. The summed E-state index contributed by atoms with van der Waals surface area (Å²) in [7, 11) is 0. The van der Waals surface area contributed by atoms with E-state index in [2.05, 4.69) is 4.98 Å². The minimum absolute atomic E-state index is 0.0538. The molecule has 1 unspecified atom stereocenters. The topological polar surface area (TPSA) is 58.4 Å². The van der Waals surface area contributed by atoms with Crippen LogP contribution in [-0.4, -0.2) is 33.7 Å². The predicted octanol–water partition coefficient (Wildman–Crippen LogP) is 1.53. The van der Waals surface area contributed by atoms with Gasteiger partial charge in [0.1, 0.15) is 5.82 Å². The number of aliphatic hydroxyl groups is 1. The Balaban J connectivity index is 1.84. The largest absolute Gasteiger partial charge is 0.396 e. The van der Waals surface area contributed by atoms with Gasteiger partial charge in [0.2, 0.25) is 5.91 Å². The van der Waals surface area contributed by atoms with Gasteiger partial charge in [-0.15, -0.1) is 0 Å². The molecule has 0 radical (unpaired) electrons. The molecule has 0 saturated carbocycles. The van der Waals surface area contributed by atoms with Gasteiger partial charge in [-0.3, -0.25) is 4.79 Å². The Hall–Kier alpha value is -2.14. The summed E-state index contributed by atoms with van der Waals surface area (Å²) < 4.78 is 1.99. The smallest absolute Gasteiger partial charge is 0.227 e. The van der Waals surface area contributed by atoms with Crippen molar-refractivity contribution in [3.05, 3.63) is 42.5 Å². The quantitative estimate of drug-likeness (QED) is 0.921. The number of aromatic nitrogens is 2. The molecule has 0 bridgehead atoms. The third-order valence-corrected chi connectivity index (χ3v) is 3.73. The summed E-state index contributed by atoms with van der Waals surface area (Å²) in [6.07, 6.45) is 4.10. The fourth-order valence-corrected chi connectivity index (χ4v) is 2.60. The average molecular weight is 271 g/mol. The summed E-state index contributed by atoms with van der Waals surface area (Å²) in [5.41, 5.74) is 1.90. The van der Waals surface area contributed by atoms with Gasteiger partial charge in [0.15, 0.2) is 0 Å². The third kappa shape index (κ3) is 2.20. The zero-order chi connectivity index (χ0) is 14.1. The standard InChI is InChI=1S/C15H17N3O2/c1-11-16-6-7-17(11)13-2-4-14(5-3-13)18-9-12(10-19)8-15(18)20/h2-7,12,19H,8-10H2,1H3. The lowest BCUT2D eigenvalue weighted by atomic mass is 10.1. The second kappa shape index (κ2) is 5.09. The van der Waals surface area contributed by atoms with Crippen LogP contribution in [-0.2, 0) is 4.79 Å². The number of nitrogens with zero attached hydrogens (tertiary/aromatic N) is 3. The first kappa shape index (κ1) is 12.9. The molecule has 5 nitrogen and oxygen atoms in total. The molecule has 1 N–H and O–H groups in total. The Morgan fingerprint density at radius 3 is 2.55 bits per heavy atom. The van der Waals surface area contributed by atoms with E-state index in [1.54, 1.807) is 11.1 Å². The van der Waals surface area contributed by atoms with Crippen LogP contribution in [0.2, 0.25) is 0 Å². The molecule has 2 aromatic rings. The molecule has 3 rings (SSSR count). The molecule has 0 spiro atoms. The Labute approximate surface area is 117 Å². The first-order valence-electron chi connectivity index (χ1n) is 6.70. The summed E-state index contributed by atoms with van der Waals surface area (Å²) in [4.78, 5) is 17.8. The fraction of sp³-hybridized carbons (Fsp3) is 0.333. The Morgan fingerprint density at radius 1 is 1.30 bits per heavy atom. The lowest BCUT2D eigenvalue weighted by molar-refractivity contribution is -0.117. The molecule has 104 valence electrons. The molecule has 1 fully saturated rings. The number of aliphatic hydroxyl groups excluding tert-OH is 1. The zero-order valence-electron chi connectivity index (χ0n) is 11.4. The lowest BCUT2D eigenvalue weighted by Gasteiger charge is -2.17. The SMILES string of the molecule is Cc1nccn1-c1ccc(N2CC(CO)CC2=O)cc1. The predicted molar refractivity (Wildman–Crippen MR) is 75.8 cm³/mol. The van der Waals surface area contributed by atoms with E-state index in [0.717, 1.165) is 17.2 Å². The van der Waals surface area contributed by atoms with E-state index < -0.39 is 0 Å². The second-order valence-corrected chi connectivity index (χ2v) is 5.12. The number of hydrogen-bond donors (Lipinski definition) is 1. The Bertz CT molecular complexity index is 618. The van der Waals surface area contributed by atoms with E-state index in [4.69, 9.17) is 5.11 Å². The van der Waals surface area contributed by atoms with Crippen molar-refractivity contribution in [1.29, 1.82) is 0 Å². The third-order valence-electron chi connectivity index (χ3n) is 3.73. The van der Waals surface area contributed by atoms with Crippen molar-refractivity contribution in [2.75, 3.05) is 18.1 Å². The van der Waals surface area contributed by atoms with Crippen molar-refractivity contribution in [3.63, 3.8) is 0 Å². The van der Waals surface area contributed by atoms with Crippen LogP contribution in [0.1, 0.15) is 12.2 Å². The first-order chi connectivity index (χ1) is 9.69. The molecule has 1 aromatic carbocycles. The normalized spacial score (nSPS) is 18.8. The molecule has 2 heterocycles.